The maximum absolute atomic E-state index is 12.1. The average molecular weight is 329 g/mol. The summed E-state index contributed by atoms with van der Waals surface area (Å²) in [6.45, 7) is 3.68. The summed E-state index contributed by atoms with van der Waals surface area (Å²) in [5.74, 6) is -0.156. The van der Waals surface area contributed by atoms with Crippen LogP contribution in [-0.2, 0) is 4.79 Å². The van der Waals surface area contributed by atoms with Crippen LogP contribution in [0, 0.1) is 6.92 Å². The lowest BCUT2D eigenvalue weighted by atomic mass is 10.2. The maximum Gasteiger partial charge on any atom is 0.237 e. The van der Waals surface area contributed by atoms with Gasteiger partial charge in [0, 0.05) is 5.02 Å². The summed E-state index contributed by atoms with van der Waals surface area (Å²) in [7, 11) is 0. The molecule has 0 bridgehead atoms. The molecule has 1 atom stereocenters. The van der Waals surface area contributed by atoms with E-state index in [4.69, 9.17) is 17.3 Å². The third-order valence-electron chi connectivity index (χ3n) is 2.43. The number of nitrogens with one attached hydrogen (secondary N) is 1. The van der Waals surface area contributed by atoms with Crippen molar-refractivity contribution < 1.29 is 4.79 Å². The van der Waals surface area contributed by atoms with Gasteiger partial charge < -0.3 is 11.1 Å². The van der Waals surface area contributed by atoms with Gasteiger partial charge in [0.2, 0.25) is 5.91 Å². The zero-order chi connectivity index (χ0) is 14.7. The van der Waals surface area contributed by atoms with Crippen LogP contribution in [-0.4, -0.2) is 21.4 Å². The summed E-state index contributed by atoms with van der Waals surface area (Å²) < 4.78 is 0.768. The predicted molar refractivity (Wildman–Crippen MR) is 84.5 cm³/mol. The second-order valence-corrected chi connectivity index (χ2v) is 7.27. The fourth-order valence-corrected chi connectivity index (χ4v) is 3.53. The molecule has 1 aromatic heterocycles. The van der Waals surface area contributed by atoms with Gasteiger partial charge in [-0.25, -0.2) is 0 Å². The van der Waals surface area contributed by atoms with Crippen LogP contribution in [0.2, 0.25) is 5.02 Å². The van der Waals surface area contributed by atoms with Crippen molar-refractivity contribution in [3.8, 4) is 0 Å². The number of rotatable bonds is 4. The lowest BCUT2D eigenvalue weighted by Gasteiger charge is -2.12. The van der Waals surface area contributed by atoms with E-state index in [2.05, 4.69) is 15.5 Å². The number of carbonyl (C=O) groups is 1. The summed E-state index contributed by atoms with van der Waals surface area (Å²) in [6.07, 6.45) is 0. The number of benzene rings is 1. The highest BCUT2D eigenvalue weighted by Gasteiger charge is 2.17. The van der Waals surface area contributed by atoms with E-state index in [1.165, 1.54) is 23.1 Å². The quantitative estimate of drug-likeness (QED) is 0.665. The molecule has 106 valence electrons. The number of hydrogen-bond acceptors (Lipinski definition) is 6. The molecular formula is C12H13ClN4OS2. The highest BCUT2D eigenvalue weighted by Crippen LogP contribution is 2.28. The van der Waals surface area contributed by atoms with Crippen molar-refractivity contribution in [2.45, 2.75) is 23.4 Å². The molecule has 0 radical (unpaired) electrons. The van der Waals surface area contributed by atoms with E-state index in [-0.39, 0.29) is 11.2 Å². The Balaban J connectivity index is 2.02. The Morgan fingerprint density at radius 1 is 1.50 bits per heavy atom. The van der Waals surface area contributed by atoms with E-state index in [9.17, 15) is 4.79 Å². The molecule has 0 saturated heterocycles. The zero-order valence-electron chi connectivity index (χ0n) is 10.9. The third kappa shape index (κ3) is 3.84. The molecule has 1 heterocycles. The number of thioether (sulfide) groups is 1. The fourth-order valence-electron chi connectivity index (χ4n) is 1.40. The van der Waals surface area contributed by atoms with Gasteiger partial charge in [0.1, 0.15) is 5.01 Å². The lowest BCUT2D eigenvalue weighted by molar-refractivity contribution is -0.115. The number of nitrogens with zero attached hydrogens (tertiary/aromatic N) is 2. The van der Waals surface area contributed by atoms with Gasteiger partial charge in [0.05, 0.1) is 16.6 Å². The molecule has 8 heteroatoms. The topological polar surface area (TPSA) is 80.9 Å². The van der Waals surface area contributed by atoms with Crippen molar-refractivity contribution in [1.29, 1.82) is 0 Å². The second-order valence-electron chi connectivity index (χ2n) is 4.07. The summed E-state index contributed by atoms with van der Waals surface area (Å²) in [5.41, 5.74) is 6.79. The molecule has 1 aromatic carbocycles. The van der Waals surface area contributed by atoms with Crippen LogP contribution in [0.15, 0.2) is 22.5 Å². The number of aromatic nitrogens is 2. The number of anilines is 2. The van der Waals surface area contributed by atoms with Crippen LogP contribution < -0.4 is 11.1 Å². The number of carbonyl (C=O) groups excluding carboxylic acids is 1. The minimum atomic E-state index is -0.305. The SMILES string of the molecule is Cc1nnc(SC(C)C(=O)Nc2cc(Cl)ccc2N)s1. The molecule has 3 N–H and O–H groups in total. The van der Waals surface area contributed by atoms with Gasteiger partial charge in [0.15, 0.2) is 4.34 Å². The van der Waals surface area contributed by atoms with Gasteiger partial charge in [-0.1, -0.05) is 34.7 Å². The predicted octanol–water partition coefficient (Wildman–Crippen LogP) is 3.20. The van der Waals surface area contributed by atoms with Crippen LogP contribution in [0.3, 0.4) is 0 Å². The molecule has 5 nitrogen and oxygen atoms in total. The minimum Gasteiger partial charge on any atom is -0.397 e. The van der Waals surface area contributed by atoms with Crippen molar-refractivity contribution >= 4 is 52.0 Å². The monoisotopic (exact) mass is 328 g/mol. The van der Waals surface area contributed by atoms with Gasteiger partial charge in [-0.3, -0.25) is 4.79 Å². The van der Waals surface area contributed by atoms with Crippen LogP contribution in [0.4, 0.5) is 11.4 Å². The van der Waals surface area contributed by atoms with Crippen LogP contribution in [0.5, 0.6) is 0 Å². The highest BCUT2D eigenvalue weighted by atomic mass is 35.5. The van der Waals surface area contributed by atoms with Crippen LogP contribution in [0.25, 0.3) is 0 Å². The summed E-state index contributed by atoms with van der Waals surface area (Å²) in [6, 6.07) is 4.96. The van der Waals surface area contributed by atoms with Crippen LogP contribution >= 0.6 is 34.7 Å². The third-order valence-corrected chi connectivity index (χ3v) is 4.69. The molecule has 1 amide bonds. The Bertz CT molecular complexity index is 632. The maximum atomic E-state index is 12.1. The number of halogens is 1. The van der Waals surface area contributed by atoms with E-state index in [0.717, 1.165) is 9.35 Å². The normalized spacial score (nSPS) is 12.2. The first-order chi connectivity index (χ1) is 9.45. The molecule has 1 unspecified atom stereocenters. The van der Waals surface area contributed by atoms with Crippen LogP contribution in [0.1, 0.15) is 11.9 Å². The first-order valence-corrected chi connectivity index (χ1v) is 7.86. The average Bonchev–Trinajstić information content (AvgIpc) is 2.79. The van der Waals surface area contributed by atoms with Crippen molar-refractivity contribution in [2.75, 3.05) is 11.1 Å². The number of amides is 1. The standard InChI is InChI=1S/C12H13ClN4OS2/c1-6(19-12-17-16-7(2)20-12)11(18)15-10-5-8(13)3-4-9(10)14/h3-6H,14H2,1-2H3,(H,15,18). The molecule has 0 fully saturated rings. The van der Waals surface area contributed by atoms with Crippen molar-refractivity contribution in [3.63, 3.8) is 0 Å². The first kappa shape index (κ1) is 15.1. The van der Waals surface area contributed by atoms with Gasteiger partial charge >= 0.3 is 0 Å². The molecule has 0 aliphatic heterocycles. The molecular weight excluding hydrogens is 316 g/mol. The smallest absolute Gasteiger partial charge is 0.237 e. The molecule has 0 aliphatic carbocycles. The first-order valence-electron chi connectivity index (χ1n) is 5.78. The van der Waals surface area contributed by atoms with Gasteiger partial charge in [-0.15, -0.1) is 10.2 Å². The van der Waals surface area contributed by atoms with Gasteiger partial charge in [-0.05, 0) is 32.0 Å². The van der Waals surface area contributed by atoms with E-state index in [0.29, 0.717) is 16.4 Å². The van der Waals surface area contributed by atoms with Crippen molar-refractivity contribution in [3.05, 3.63) is 28.2 Å². The molecule has 20 heavy (non-hydrogen) atoms. The molecule has 2 aromatic rings. The lowest BCUT2D eigenvalue weighted by Crippen LogP contribution is -2.22. The second kappa shape index (κ2) is 6.43. The van der Waals surface area contributed by atoms with E-state index >= 15 is 0 Å². The molecule has 0 saturated carbocycles. The van der Waals surface area contributed by atoms with E-state index < -0.39 is 0 Å². The van der Waals surface area contributed by atoms with Crippen molar-refractivity contribution in [1.82, 2.24) is 10.2 Å². The Labute approximate surface area is 129 Å². The number of nitrogens with two attached hydrogens (primary N) is 1. The van der Waals surface area contributed by atoms with Crippen molar-refractivity contribution in [2.24, 2.45) is 0 Å². The zero-order valence-corrected chi connectivity index (χ0v) is 13.3. The molecule has 0 spiro atoms. The molecule has 0 aliphatic rings. The summed E-state index contributed by atoms with van der Waals surface area (Å²) in [4.78, 5) is 12.1. The largest absolute Gasteiger partial charge is 0.397 e. The Kier molecular flexibility index (Phi) is 4.85. The number of hydrogen-bond donors (Lipinski definition) is 2. The number of aryl methyl sites for hydroxylation is 1. The highest BCUT2D eigenvalue weighted by molar-refractivity contribution is 8.02. The Hall–Kier alpha value is -1.31. The summed E-state index contributed by atoms with van der Waals surface area (Å²) in [5, 5.41) is 11.8. The Morgan fingerprint density at radius 2 is 2.25 bits per heavy atom. The van der Waals surface area contributed by atoms with E-state index in [1.807, 2.05) is 6.92 Å². The van der Waals surface area contributed by atoms with Gasteiger partial charge in [-0.2, -0.15) is 0 Å². The van der Waals surface area contributed by atoms with E-state index in [1.54, 1.807) is 25.1 Å². The van der Waals surface area contributed by atoms with Gasteiger partial charge in [0.25, 0.3) is 0 Å². The molecule has 2 rings (SSSR count). The minimum absolute atomic E-state index is 0.156. The fraction of sp³-hybridized carbons (Fsp3) is 0.250. The summed E-state index contributed by atoms with van der Waals surface area (Å²) >= 11 is 8.70. The number of nitrogen functional groups attached to an aromatic ring is 1. The Morgan fingerprint density at radius 3 is 2.90 bits per heavy atom.